The molecule has 6 nitrogen and oxygen atoms in total. The highest BCUT2D eigenvalue weighted by molar-refractivity contribution is 7.85. The van der Waals surface area contributed by atoms with Gasteiger partial charge in [-0.15, -0.1) is 0 Å². The third-order valence-electron chi connectivity index (χ3n) is 6.31. The molecule has 1 aliphatic rings. The minimum atomic E-state index is -3.93. The Morgan fingerprint density at radius 1 is 0.909 bits per heavy atom. The van der Waals surface area contributed by atoms with Gasteiger partial charge in [0.25, 0.3) is 16.0 Å². The number of anilines is 1. The van der Waals surface area contributed by atoms with Crippen LogP contribution in [0.4, 0.5) is 5.69 Å². The first-order chi connectivity index (χ1) is 15.3. The summed E-state index contributed by atoms with van der Waals surface area (Å²) < 4.78 is 30.1. The van der Waals surface area contributed by atoms with Crippen LogP contribution in [-0.2, 0) is 10.1 Å². The van der Waals surface area contributed by atoms with Crippen molar-refractivity contribution >= 4 is 32.5 Å². The molecule has 2 aromatic rings. The zero-order chi connectivity index (χ0) is 24.9. The van der Waals surface area contributed by atoms with Crippen LogP contribution in [0.25, 0.3) is 10.8 Å². The van der Waals surface area contributed by atoms with E-state index in [-0.39, 0.29) is 11.7 Å². The number of amides is 1. The van der Waals surface area contributed by atoms with Gasteiger partial charge in [0.15, 0.2) is 0 Å². The fraction of sp³-hybridized carbons (Fsp3) is 0.577. The van der Waals surface area contributed by atoms with E-state index in [1.807, 2.05) is 36.4 Å². The molecule has 0 spiro atoms. The first-order valence-electron chi connectivity index (χ1n) is 11.9. The first kappa shape index (κ1) is 27.3. The summed E-state index contributed by atoms with van der Waals surface area (Å²) in [4.78, 5) is 16.7. The molecular weight excluding hydrogens is 436 g/mol. The molecule has 0 bridgehead atoms. The van der Waals surface area contributed by atoms with Crippen molar-refractivity contribution in [3.8, 4) is 0 Å². The highest BCUT2D eigenvalue weighted by Crippen LogP contribution is 2.37. The van der Waals surface area contributed by atoms with Crippen molar-refractivity contribution in [3.63, 3.8) is 0 Å². The summed E-state index contributed by atoms with van der Waals surface area (Å²) in [6.07, 6.45) is 0.852. The normalized spacial score (nSPS) is 14.5. The Morgan fingerprint density at radius 3 is 1.97 bits per heavy atom. The van der Waals surface area contributed by atoms with Crippen molar-refractivity contribution in [2.45, 2.75) is 79.4 Å². The number of hydrogen-bond donors (Lipinski definition) is 1. The maximum absolute atomic E-state index is 12.4. The van der Waals surface area contributed by atoms with Crippen LogP contribution in [0.3, 0.4) is 0 Å². The maximum Gasteiger partial charge on any atom is 0.264 e. The lowest BCUT2D eigenvalue weighted by Gasteiger charge is -2.38. The molecule has 0 aromatic heterocycles. The molecule has 0 radical (unpaired) electrons. The molecular formula is C26H40N2O4S. The van der Waals surface area contributed by atoms with E-state index in [1.165, 1.54) is 0 Å². The zero-order valence-corrected chi connectivity index (χ0v) is 21.9. The molecule has 0 aliphatic carbocycles. The molecule has 1 unspecified atom stereocenters. The predicted molar refractivity (Wildman–Crippen MR) is 138 cm³/mol. The summed E-state index contributed by atoms with van der Waals surface area (Å²) in [5.74, 6) is 0.426. The van der Waals surface area contributed by atoms with E-state index in [0.717, 1.165) is 22.4 Å². The lowest BCUT2D eigenvalue weighted by atomic mass is 10.0. The lowest BCUT2D eigenvalue weighted by Crippen LogP contribution is -2.45. The SMILES string of the molecule is CC(C)C(C)N(C(C)C)C(C)C.O=C1c2cccc3cccc(c23)N1CCCCS(=O)(=O)O. The number of rotatable bonds is 9. The van der Waals surface area contributed by atoms with Crippen LogP contribution >= 0.6 is 0 Å². The Hall–Kier alpha value is -1.96. The van der Waals surface area contributed by atoms with Crippen molar-refractivity contribution < 1.29 is 17.8 Å². The van der Waals surface area contributed by atoms with Gasteiger partial charge in [-0.1, -0.05) is 38.1 Å². The fourth-order valence-corrected chi connectivity index (χ4v) is 5.21. The van der Waals surface area contributed by atoms with E-state index in [2.05, 4.69) is 53.4 Å². The van der Waals surface area contributed by atoms with Crippen molar-refractivity contribution in [3.05, 3.63) is 42.0 Å². The van der Waals surface area contributed by atoms with E-state index in [9.17, 15) is 13.2 Å². The van der Waals surface area contributed by atoms with Crippen LogP contribution in [0.1, 0.15) is 71.7 Å². The summed E-state index contributed by atoms with van der Waals surface area (Å²) in [5, 5.41) is 1.98. The van der Waals surface area contributed by atoms with Crippen LogP contribution < -0.4 is 4.90 Å². The average Bonchev–Trinajstić information content (AvgIpc) is 2.98. The number of unbranched alkanes of at least 4 members (excludes halogenated alkanes) is 1. The lowest BCUT2D eigenvalue weighted by molar-refractivity contribution is 0.0940. The van der Waals surface area contributed by atoms with Crippen molar-refractivity contribution in [1.29, 1.82) is 0 Å². The van der Waals surface area contributed by atoms with E-state index in [4.69, 9.17) is 4.55 Å². The van der Waals surface area contributed by atoms with Gasteiger partial charge in [-0.25, -0.2) is 0 Å². The van der Waals surface area contributed by atoms with Gasteiger partial charge in [0.2, 0.25) is 0 Å². The van der Waals surface area contributed by atoms with Crippen molar-refractivity contribution in [2.75, 3.05) is 17.2 Å². The molecule has 0 fully saturated rings. The third-order valence-corrected chi connectivity index (χ3v) is 7.12. The average molecular weight is 477 g/mol. The molecule has 1 N–H and O–H groups in total. The molecule has 2 aromatic carbocycles. The molecule has 1 heterocycles. The predicted octanol–water partition coefficient (Wildman–Crippen LogP) is 5.62. The second kappa shape index (κ2) is 11.4. The van der Waals surface area contributed by atoms with E-state index < -0.39 is 10.1 Å². The molecule has 184 valence electrons. The number of hydrogen-bond acceptors (Lipinski definition) is 4. The molecule has 7 heteroatoms. The number of nitrogens with zero attached hydrogens (tertiary/aromatic N) is 2. The smallest absolute Gasteiger partial charge is 0.264 e. The Balaban J connectivity index is 0.000000277. The van der Waals surface area contributed by atoms with E-state index >= 15 is 0 Å². The second-order valence-electron chi connectivity index (χ2n) is 9.75. The second-order valence-corrected chi connectivity index (χ2v) is 11.3. The van der Waals surface area contributed by atoms with Crippen LogP contribution in [-0.4, -0.2) is 54.2 Å². The molecule has 1 atom stereocenters. The maximum atomic E-state index is 12.4. The van der Waals surface area contributed by atoms with Gasteiger partial charge in [-0.3, -0.25) is 14.2 Å². The summed E-state index contributed by atoms with van der Waals surface area (Å²) >= 11 is 0. The highest BCUT2D eigenvalue weighted by atomic mass is 32.2. The topological polar surface area (TPSA) is 77.9 Å². The summed E-state index contributed by atoms with van der Waals surface area (Å²) in [5.41, 5.74) is 1.57. The van der Waals surface area contributed by atoms with Gasteiger partial charge < -0.3 is 4.90 Å². The van der Waals surface area contributed by atoms with Crippen molar-refractivity contribution in [1.82, 2.24) is 4.90 Å². The van der Waals surface area contributed by atoms with Crippen molar-refractivity contribution in [2.24, 2.45) is 5.92 Å². The Labute approximate surface area is 199 Å². The molecule has 1 aliphatic heterocycles. The highest BCUT2D eigenvalue weighted by Gasteiger charge is 2.28. The zero-order valence-electron chi connectivity index (χ0n) is 21.1. The standard InChI is InChI=1S/C15H15NO4S.C11H25N/c17-15-12-7-3-5-11-6-4-8-13(14(11)12)16(15)9-1-2-10-21(18,19)20;1-8(2)11(7)12(9(3)4)10(5)6/h3-8H,1-2,9-10H2,(H,18,19,20);8-11H,1-7H3. The molecule has 0 saturated heterocycles. The Bertz CT molecular complexity index is 1030. The van der Waals surface area contributed by atoms with Crippen LogP contribution in [0.15, 0.2) is 36.4 Å². The summed E-state index contributed by atoms with van der Waals surface area (Å²) in [7, 11) is -3.93. The van der Waals surface area contributed by atoms with Gasteiger partial charge in [-0.05, 0) is 70.9 Å². The first-order valence-corrected chi connectivity index (χ1v) is 13.5. The number of benzene rings is 2. The van der Waals surface area contributed by atoms with E-state index in [1.54, 1.807) is 4.90 Å². The van der Waals surface area contributed by atoms with Gasteiger partial charge in [0.05, 0.1) is 11.4 Å². The molecule has 3 rings (SSSR count). The summed E-state index contributed by atoms with van der Waals surface area (Å²) in [6.45, 7) is 16.5. The van der Waals surface area contributed by atoms with Crippen LogP contribution in [0.5, 0.6) is 0 Å². The summed E-state index contributed by atoms with van der Waals surface area (Å²) in [6, 6.07) is 13.4. The fourth-order valence-electron chi connectivity index (χ4n) is 4.64. The molecule has 33 heavy (non-hydrogen) atoms. The van der Waals surface area contributed by atoms with Gasteiger partial charge in [0, 0.05) is 35.6 Å². The number of carbonyl (C=O) groups is 1. The number of carbonyl (C=O) groups excluding carboxylic acids is 1. The van der Waals surface area contributed by atoms with Crippen LogP contribution in [0.2, 0.25) is 0 Å². The van der Waals surface area contributed by atoms with Gasteiger partial charge in [0.1, 0.15) is 0 Å². The minimum Gasteiger partial charge on any atom is -0.308 e. The van der Waals surface area contributed by atoms with Gasteiger partial charge >= 0.3 is 0 Å². The van der Waals surface area contributed by atoms with E-state index in [0.29, 0.717) is 43.1 Å². The largest absolute Gasteiger partial charge is 0.308 e. The monoisotopic (exact) mass is 476 g/mol. The Morgan fingerprint density at radius 2 is 1.48 bits per heavy atom. The van der Waals surface area contributed by atoms with Gasteiger partial charge in [-0.2, -0.15) is 8.42 Å². The Kier molecular flexibility index (Phi) is 9.47. The van der Waals surface area contributed by atoms with Crippen LogP contribution in [0, 0.1) is 5.92 Å². The quantitative estimate of drug-likeness (QED) is 0.375. The molecule has 0 saturated carbocycles. The third kappa shape index (κ3) is 7.01. The molecule has 1 amide bonds. The minimum absolute atomic E-state index is 0.0475.